The molecule has 0 saturated heterocycles. The van der Waals surface area contributed by atoms with Gasteiger partial charge in [0.15, 0.2) is 12.7 Å². The molecular weight excluding hydrogens is 378 g/mol. The van der Waals surface area contributed by atoms with Crippen molar-refractivity contribution in [2.24, 2.45) is 5.73 Å². The molecule has 0 aliphatic carbocycles. The van der Waals surface area contributed by atoms with E-state index in [1.807, 2.05) is 6.92 Å². The van der Waals surface area contributed by atoms with Gasteiger partial charge in [0.05, 0.1) is 6.61 Å². The van der Waals surface area contributed by atoms with Gasteiger partial charge >= 0.3 is 0 Å². The Morgan fingerprint density at radius 1 is 0.966 bits per heavy atom. The van der Waals surface area contributed by atoms with Crippen LogP contribution in [0.1, 0.15) is 24.2 Å². The number of carbonyl (C=O) groups excluding carboxylic acids is 3. The van der Waals surface area contributed by atoms with E-state index < -0.39 is 23.8 Å². The Morgan fingerprint density at radius 3 is 2.31 bits per heavy atom. The molecule has 3 amide bonds. The lowest BCUT2D eigenvalue weighted by Crippen LogP contribution is -2.48. The third-order valence-corrected chi connectivity index (χ3v) is 3.63. The van der Waals surface area contributed by atoms with Gasteiger partial charge in [-0.05, 0) is 56.3 Å². The average Bonchev–Trinajstić information content (AvgIpc) is 2.72. The highest BCUT2D eigenvalue weighted by Crippen LogP contribution is 2.18. The summed E-state index contributed by atoms with van der Waals surface area (Å²) in [5.41, 5.74) is 9.93. The predicted octanol–water partition coefficient (Wildman–Crippen LogP) is 1.18. The van der Waals surface area contributed by atoms with Gasteiger partial charge in [-0.1, -0.05) is 6.07 Å². The standard InChI is InChI=1S/C20H23N3O6/c1-3-27-15-7-9-16(10-8-15)29-13(2)20(26)23-22-18(24)12-28-17-6-4-5-14(11-17)19(21)25/h4-11,13H,3,12H2,1-2H3,(H2,21,25)(H,22,24)(H,23,26). The molecule has 0 bridgehead atoms. The Hall–Kier alpha value is -3.75. The number of nitrogens with two attached hydrogens (primary N) is 1. The predicted molar refractivity (Wildman–Crippen MR) is 104 cm³/mol. The van der Waals surface area contributed by atoms with E-state index in [1.165, 1.54) is 12.1 Å². The van der Waals surface area contributed by atoms with Crippen molar-refractivity contribution < 1.29 is 28.6 Å². The molecule has 2 rings (SSSR count). The topological polar surface area (TPSA) is 129 Å². The molecule has 4 N–H and O–H groups in total. The molecule has 0 radical (unpaired) electrons. The van der Waals surface area contributed by atoms with E-state index in [2.05, 4.69) is 10.9 Å². The highest BCUT2D eigenvalue weighted by Gasteiger charge is 2.15. The number of hydrazine groups is 1. The molecule has 2 aromatic carbocycles. The maximum Gasteiger partial charge on any atom is 0.279 e. The molecule has 0 aromatic heterocycles. The number of primary amides is 1. The SMILES string of the molecule is CCOc1ccc(OC(C)C(=O)NNC(=O)COc2cccc(C(N)=O)c2)cc1. The molecule has 0 aliphatic rings. The van der Waals surface area contributed by atoms with Gasteiger partial charge in [-0.15, -0.1) is 0 Å². The first-order valence-corrected chi connectivity index (χ1v) is 8.90. The van der Waals surface area contributed by atoms with Crippen molar-refractivity contribution >= 4 is 17.7 Å². The molecular formula is C20H23N3O6. The molecule has 0 aliphatic heterocycles. The van der Waals surface area contributed by atoms with Gasteiger partial charge in [0, 0.05) is 5.56 Å². The van der Waals surface area contributed by atoms with Gasteiger partial charge in [0.25, 0.3) is 11.8 Å². The lowest BCUT2D eigenvalue weighted by molar-refractivity contribution is -0.133. The fraction of sp³-hybridized carbons (Fsp3) is 0.250. The zero-order valence-electron chi connectivity index (χ0n) is 16.1. The van der Waals surface area contributed by atoms with Crippen LogP contribution in [0.25, 0.3) is 0 Å². The third kappa shape index (κ3) is 7.06. The number of benzene rings is 2. The van der Waals surface area contributed by atoms with Crippen molar-refractivity contribution in [3.8, 4) is 17.2 Å². The molecule has 9 nitrogen and oxygen atoms in total. The van der Waals surface area contributed by atoms with E-state index in [1.54, 1.807) is 43.3 Å². The van der Waals surface area contributed by atoms with Crippen molar-refractivity contribution in [3.05, 3.63) is 54.1 Å². The Bertz CT molecular complexity index is 854. The lowest BCUT2D eigenvalue weighted by atomic mass is 10.2. The number of ether oxygens (including phenoxy) is 3. The molecule has 0 saturated carbocycles. The van der Waals surface area contributed by atoms with Crippen LogP contribution < -0.4 is 30.8 Å². The smallest absolute Gasteiger partial charge is 0.279 e. The normalized spacial score (nSPS) is 11.1. The highest BCUT2D eigenvalue weighted by molar-refractivity contribution is 5.93. The van der Waals surface area contributed by atoms with Crippen LogP contribution in [0.15, 0.2) is 48.5 Å². The molecule has 0 fully saturated rings. The number of amides is 3. The zero-order chi connectivity index (χ0) is 21.2. The number of hydrogen-bond acceptors (Lipinski definition) is 6. The summed E-state index contributed by atoms with van der Waals surface area (Å²) in [4.78, 5) is 35.0. The van der Waals surface area contributed by atoms with E-state index >= 15 is 0 Å². The number of rotatable bonds is 9. The summed E-state index contributed by atoms with van der Waals surface area (Å²) in [5, 5.41) is 0. The average molecular weight is 401 g/mol. The largest absolute Gasteiger partial charge is 0.494 e. The first-order valence-electron chi connectivity index (χ1n) is 8.90. The second-order valence-corrected chi connectivity index (χ2v) is 5.88. The fourth-order valence-electron chi connectivity index (χ4n) is 2.20. The van der Waals surface area contributed by atoms with Gasteiger partial charge in [-0.3, -0.25) is 25.2 Å². The maximum atomic E-state index is 12.0. The van der Waals surface area contributed by atoms with Crippen molar-refractivity contribution in [1.29, 1.82) is 0 Å². The van der Waals surface area contributed by atoms with Crippen LogP contribution in [0, 0.1) is 0 Å². The summed E-state index contributed by atoms with van der Waals surface area (Å²) in [7, 11) is 0. The van der Waals surface area contributed by atoms with Gasteiger partial charge in [-0.25, -0.2) is 0 Å². The monoisotopic (exact) mass is 401 g/mol. The Kier molecular flexibility index (Phi) is 7.84. The van der Waals surface area contributed by atoms with Crippen LogP contribution >= 0.6 is 0 Å². The Morgan fingerprint density at radius 2 is 1.66 bits per heavy atom. The van der Waals surface area contributed by atoms with Gasteiger partial charge in [0.1, 0.15) is 17.2 Å². The molecule has 2 aromatic rings. The van der Waals surface area contributed by atoms with Gasteiger partial charge < -0.3 is 19.9 Å². The van der Waals surface area contributed by atoms with Crippen molar-refractivity contribution in [2.45, 2.75) is 20.0 Å². The van der Waals surface area contributed by atoms with Crippen molar-refractivity contribution in [1.82, 2.24) is 10.9 Å². The molecule has 1 unspecified atom stereocenters. The first-order chi connectivity index (χ1) is 13.9. The number of carbonyl (C=O) groups is 3. The second kappa shape index (κ2) is 10.5. The quantitative estimate of drug-likeness (QED) is 0.541. The molecule has 29 heavy (non-hydrogen) atoms. The zero-order valence-corrected chi connectivity index (χ0v) is 16.1. The summed E-state index contributed by atoms with van der Waals surface area (Å²) in [6.07, 6.45) is -0.846. The van der Waals surface area contributed by atoms with Crippen LogP contribution in [-0.4, -0.2) is 37.0 Å². The van der Waals surface area contributed by atoms with Crippen LogP contribution in [-0.2, 0) is 9.59 Å². The lowest BCUT2D eigenvalue weighted by Gasteiger charge is -2.15. The summed E-state index contributed by atoms with van der Waals surface area (Å²) in [6, 6.07) is 12.9. The van der Waals surface area contributed by atoms with Gasteiger partial charge in [-0.2, -0.15) is 0 Å². The summed E-state index contributed by atoms with van der Waals surface area (Å²) < 4.78 is 16.1. The van der Waals surface area contributed by atoms with Gasteiger partial charge in [0.2, 0.25) is 5.91 Å². The van der Waals surface area contributed by atoms with E-state index in [0.717, 1.165) is 0 Å². The van der Waals surface area contributed by atoms with Crippen molar-refractivity contribution in [2.75, 3.05) is 13.2 Å². The van der Waals surface area contributed by atoms with E-state index in [4.69, 9.17) is 19.9 Å². The van der Waals surface area contributed by atoms with E-state index in [-0.39, 0.29) is 12.2 Å². The highest BCUT2D eigenvalue weighted by atomic mass is 16.5. The second-order valence-electron chi connectivity index (χ2n) is 5.88. The molecule has 9 heteroatoms. The van der Waals surface area contributed by atoms with Crippen molar-refractivity contribution in [3.63, 3.8) is 0 Å². The Balaban J connectivity index is 1.75. The number of hydrogen-bond donors (Lipinski definition) is 3. The minimum Gasteiger partial charge on any atom is -0.494 e. The summed E-state index contributed by atoms with van der Waals surface area (Å²) in [6.45, 7) is 3.62. The molecule has 1 atom stereocenters. The van der Waals surface area contributed by atoms with E-state index in [0.29, 0.717) is 23.9 Å². The van der Waals surface area contributed by atoms with Crippen LogP contribution in [0.4, 0.5) is 0 Å². The van der Waals surface area contributed by atoms with Crippen LogP contribution in [0.3, 0.4) is 0 Å². The van der Waals surface area contributed by atoms with Crippen LogP contribution in [0.5, 0.6) is 17.2 Å². The summed E-state index contributed by atoms with van der Waals surface area (Å²) >= 11 is 0. The third-order valence-electron chi connectivity index (χ3n) is 3.63. The Labute approximate surface area is 168 Å². The van der Waals surface area contributed by atoms with Crippen LogP contribution in [0.2, 0.25) is 0 Å². The van der Waals surface area contributed by atoms with E-state index in [9.17, 15) is 14.4 Å². The minimum atomic E-state index is -0.846. The maximum absolute atomic E-state index is 12.0. The number of nitrogens with one attached hydrogen (secondary N) is 2. The minimum absolute atomic E-state index is 0.261. The molecule has 154 valence electrons. The first kappa shape index (κ1) is 21.5. The molecule has 0 heterocycles. The fourth-order valence-corrected chi connectivity index (χ4v) is 2.20. The summed E-state index contributed by atoms with van der Waals surface area (Å²) in [5.74, 6) is -0.242. The molecule has 0 spiro atoms.